The van der Waals surface area contributed by atoms with Gasteiger partial charge in [-0.2, -0.15) is 5.10 Å². The van der Waals surface area contributed by atoms with Crippen LogP contribution < -0.4 is 10.6 Å². The molecule has 1 aromatic heterocycles. The SMILES string of the molecule is CCn1cc(NC2CCNC(=O)CC2)cn1. The Kier molecular flexibility index (Phi) is 3.44. The molecule has 1 aliphatic rings. The zero-order valence-corrected chi connectivity index (χ0v) is 9.57. The summed E-state index contributed by atoms with van der Waals surface area (Å²) < 4.78 is 1.89. The second kappa shape index (κ2) is 5.01. The average molecular weight is 222 g/mol. The van der Waals surface area contributed by atoms with Crippen molar-refractivity contribution in [2.24, 2.45) is 0 Å². The maximum absolute atomic E-state index is 11.2. The number of aryl methyl sites for hydroxylation is 1. The normalized spacial score (nSPS) is 21.3. The Bertz CT molecular complexity index is 361. The summed E-state index contributed by atoms with van der Waals surface area (Å²) in [6.07, 6.45) is 6.32. The van der Waals surface area contributed by atoms with Crippen molar-refractivity contribution in [3.8, 4) is 0 Å². The first-order valence-corrected chi connectivity index (χ1v) is 5.83. The van der Waals surface area contributed by atoms with E-state index in [9.17, 15) is 4.79 Å². The topological polar surface area (TPSA) is 59.0 Å². The van der Waals surface area contributed by atoms with Gasteiger partial charge in [0.05, 0.1) is 11.9 Å². The quantitative estimate of drug-likeness (QED) is 0.801. The minimum absolute atomic E-state index is 0.161. The minimum Gasteiger partial charge on any atom is -0.380 e. The smallest absolute Gasteiger partial charge is 0.220 e. The summed E-state index contributed by atoms with van der Waals surface area (Å²) in [5, 5.41) is 10.5. The third-order valence-corrected chi connectivity index (χ3v) is 2.86. The molecule has 5 heteroatoms. The fraction of sp³-hybridized carbons (Fsp3) is 0.636. The van der Waals surface area contributed by atoms with E-state index in [0.717, 1.165) is 31.6 Å². The van der Waals surface area contributed by atoms with Crippen LogP contribution in [0.5, 0.6) is 0 Å². The van der Waals surface area contributed by atoms with Crippen LogP contribution in [0.2, 0.25) is 0 Å². The maximum atomic E-state index is 11.2. The molecule has 0 radical (unpaired) electrons. The Morgan fingerprint density at radius 2 is 2.50 bits per heavy atom. The van der Waals surface area contributed by atoms with Crippen LogP contribution in [0.1, 0.15) is 26.2 Å². The predicted octanol–water partition coefficient (Wildman–Crippen LogP) is 0.984. The number of rotatable bonds is 3. The Balaban J connectivity index is 1.90. The van der Waals surface area contributed by atoms with Crippen LogP contribution in [0.25, 0.3) is 0 Å². The Hall–Kier alpha value is -1.52. The van der Waals surface area contributed by atoms with Gasteiger partial charge in [0.15, 0.2) is 0 Å². The molecular formula is C11H18N4O. The molecule has 1 saturated heterocycles. The van der Waals surface area contributed by atoms with Gasteiger partial charge in [-0.15, -0.1) is 0 Å². The van der Waals surface area contributed by atoms with Crippen molar-refractivity contribution >= 4 is 11.6 Å². The molecule has 1 atom stereocenters. The summed E-state index contributed by atoms with van der Waals surface area (Å²) in [5.41, 5.74) is 1.04. The van der Waals surface area contributed by atoms with E-state index in [0.29, 0.717) is 12.5 Å². The number of carbonyl (C=O) groups is 1. The van der Waals surface area contributed by atoms with Crippen molar-refractivity contribution < 1.29 is 4.79 Å². The molecule has 1 fully saturated rings. The fourth-order valence-corrected chi connectivity index (χ4v) is 1.91. The molecule has 0 spiro atoms. The molecule has 16 heavy (non-hydrogen) atoms. The van der Waals surface area contributed by atoms with Crippen LogP contribution in [0, 0.1) is 0 Å². The highest BCUT2D eigenvalue weighted by Crippen LogP contribution is 2.13. The zero-order valence-electron chi connectivity index (χ0n) is 9.57. The molecule has 1 aromatic rings. The number of hydrogen-bond acceptors (Lipinski definition) is 3. The third-order valence-electron chi connectivity index (χ3n) is 2.86. The summed E-state index contributed by atoms with van der Waals surface area (Å²) in [7, 11) is 0. The lowest BCUT2D eigenvalue weighted by Crippen LogP contribution is -2.23. The molecule has 2 heterocycles. The van der Waals surface area contributed by atoms with Gasteiger partial charge in [0.2, 0.25) is 5.91 Å². The molecule has 5 nitrogen and oxygen atoms in total. The zero-order chi connectivity index (χ0) is 11.4. The van der Waals surface area contributed by atoms with Crippen LogP contribution >= 0.6 is 0 Å². The van der Waals surface area contributed by atoms with Gasteiger partial charge in [-0.25, -0.2) is 0 Å². The summed E-state index contributed by atoms with van der Waals surface area (Å²) in [4.78, 5) is 11.2. The molecule has 1 unspecified atom stereocenters. The van der Waals surface area contributed by atoms with Crippen molar-refractivity contribution in [1.82, 2.24) is 15.1 Å². The molecule has 0 bridgehead atoms. The number of nitrogens with one attached hydrogen (secondary N) is 2. The van der Waals surface area contributed by atoms with Crippen molar-refractivity contribution in [1.29, 1.82) is 0 Å². The predicted molar refractivity (Wildman–Crippen MR) is 62.2 cm³/mol. The summed E-state index contributed by atoms with van der Waals surface area (Å²) in [6.45, 7) is 3.70. The molecule has 2 rings (SSSR count). The van der Waals surface area contributed by atoms with Gasteiger partial charge in [-0.1, -0.05) is 0 Å². The highest BCUT2D eigenvalue weighted by atomic mass is 16.1. The number of nitrogens with zero attached hydrogens (tertiary/aromatic N) is 2. The Morgan fingerprint density at radius 1 is 1.62 bits per heavy atom. The molecule has 0 saturated carbocycles. The van der Waals surface area contributed by atoms with Crippen LogP contribution in [0.4, 0.5) is 5.69 Å². The van der Waals surface area contributed by atoms with E-state index in [-0.39, 0.29) is 5.91 Å². The van der Waals surface area contributed by atoms with E-state index < -0.39 is 0 Å². The first kappa shape index (κ1) is 11.0. The highest BCUT2D eigenvalue weighted by Gasteiger charge is 2.15. The number of anilines is 1. The lowest BCUT2D eigenvalue weighted by atomic mass is 10.1. The van der Waals surface area contributed by atoms with Gasteiger partial charge in [0, 0.05) is 31.7 Å². The summed E-state index contributed by atoms with van der Waals surface area (Å²) in [6, 6.07) is 0.369. The number of carbonyl (C=O) groups excluding carboxylic acids is 1. The van der Waals surface area contributed by atoms with Gasteiger partial charge >= 0.3 is 0 Å². The molecule has 1 aliphatic heterocycles. The average Bonchev–Trinajstić information content (AvgIpc) is 2.63. The van der Waals surface area contributed by atoms with Crippen molar-refractivity contribution in [2.45, 2.75) is 38.8 Å². The first-order chi connectivity index (χ1) is 7.78. The molecular weight excluding hydrogens is 204 g/mol. The van der Waals surface area contributed by atoms with Crippen molar-refractivity contribution in [3.63, 3.8) is 0 Å². The second-order valence-electron chi connectivity index (χ2n) is 4.10. The summed E-state index contributed by atoms with van der Waals surface area (Å²) in [5.74, 6) is 0.161. The Morgan fingerprint density at radius 3 is 3.25 bits per heavy atom. The number of hydrogen-bond donors (Lipinski definition) is 2. The van der Waals surface area contributed by atoms with E-state index >= 15 is 0 Å². The standard InChI is InChI=1S/C11H18N4O/c1-2-15-8-10(7-13-15)14-9-3-4-11(16)12-6-5-9/h7-9,14H,2-6H2,1H3,(H,12,16). The minimum atomic E-state index is 0.161. The van der Waals surface area contributed by atoms with Crippen LogP contribution in [0.15, 0.2) is 12.4 Å². The second-order valence-corrected chi connectivity index (χ2v) is 4.10. The van der Waals surface area contributed by atoms with Gasteiger partial charge in [0.25, 0.3) is 0 Å². The van der Waals surface area contributed by atoms with Crippen LogP contribution in [-0.4, -0.2) is 28.3 Å². The maximum Gasteiger partial charge on any atom is 0.220 e. The molecule has 0 aliphatic carbocycles. The lowest BCUT2D eigenvalue weighted by molar-refractivity contribution is -0.120. The van der Waals surface area contributed by atoms with Crippen LogP contribution in [0.3, 0.4) is 0 Å². The molecule has 1 amide bonds. The highest BCUT2D eigenvalue weighted by molar-refractivity contribution is 5.76. The Labute approximate surface area is 95.2 Å². The van der Waals surface area contributed by atoms with E-state index in [1.165, 1.54) is 0 Å². The summed E-state index contributed by atoms with van der Waals surface area (Å²) >= 11 is 0. The fourth-order valence-electron chi connectivity index (χ4n) is 1.91. The van der Waals surface area contributed by atoms with Crippen molar-refractivity contribution in [3.05, 3.63) is 12.4 Å². The van der Waals surface area contributed by atoms with Gasteiger partial charge in [0.1, 0.15) is 0 Å². The van der Waals surface area contributed by atoms with Crippen LogP contribution in [-0.2, 0) is 11.3 Å². The van der Waals surface area contributed by atoms with E-state index in [2.05, 4.69) is 22.7 Å². The largest absolute Gasteiger partial charge is 0.380 e. The molecule has 0 aromatic carbocycles. The lowest BCUT2D eigenvalue weighted by Gasteiger charge is -2.14. The molecule has 88 valence electrons. The number of aromatic nitrogens is 2. The molecule has 2 N–H and O–H groups in total. The van der Waals surface area contributed by atoms with Crippen molar-refractivity contribution in [2.75, 3.05) is 11.9 Å². The first-order valence-electron chi connectivity index (χ1n) is 5.83. The van der Waals surface area contributed by atoms with E-state index in [4.69, 9.17) is 0 Å². The van der Waals surface area contributed by atoms with E-state index in [1.54, 1.807) is 0 Å². The monoisotopic (exact) mass is 222 g/mol. The third kappa shape index (κ3) is 2.74. The van der Waals surface area contributed by atoms with E-state index in [1.807, 2.05) is 17.1 Å². The van der Waals surface area contributed by atoms with Gasteiger partial charge < -0.3 is 10.6 Å². The van der Waals surface area contributed by atoms with Gasteiger partial charge in [-0.05, 0) is 19.8 Å². The number of amides is 1. The van der Waals surface area contributed by atoms with Gasteiger partial charge in [-0.3, -0.25) is 9.48 Å².